The first-order valence-corrected chi connectivity index (χ1v) is 5.46. The summed E-state index contributed by atoms with van der Waals surface area (Å²) in [6, 6.07) is 6.10. The molecule has 1 amide bonds. The number of rotatable bonds is 6. The molecule has 1 atom stereocenters. The minimum atomic E-state index is -2.92. The summed E-state index contributed by atoms with van der Waals surface area (Å²) in [5.41, 5.74) is 0.376. The van der Waals surface area contributed by atoms with Crippen LogP contribution < -0.4 is 10.1 Å². The third-order valence-electron chi connectivity index (χ3n) is 2.13. The Balaban J connectivity index is 2.63. The lowest BCUT2D eigenvalue weighted by Crippen LogP contribution is -2.31. The highest BCUT2D eigenvalue weighted by atomic mass is 19.3. The second-order valence-electron chi connectivity index (χ2n) is 3.82. The van der Waals surface area contributed by atoms with Crippen molar-refractivity contribution in [3.05, 3.63) is 29.8 Å². The van der Waals surface area contributed by atoms with Crippen molar-refractivity contribution in [2.75, 3.05) is 6.54 Å². The zero-order valence-corrected chi connectivity index (χ0v) is 9.90. The molecule has 0 bridgehead atoms. The normalized spacial score (nSPS) is 12.3. The van der Waals surface area contributed by atoms with E-state index in [9.17, 15) is 13.6 Å². The van der Waals surface area contributed by atoms with Crippen LogP contribution in [0.25, 0.3) is 0 Å². The van der Waals surface area contributed by atoms with Crippen molar-refractivity contribution in [1.29, 1.82) is 0 Å². The Labute approximate surface area is 104 Å². The number of hydrogen-bond acceptors (Lipinski definition) is 3. The number of benzene rings is 1. The van der Waals surface area contributed by atoms with Gasteiger partial charge in [0.15, 0.2) is 0 Å². The van der Waals surface area contributed by atoms with E-state index in [4.69, 9.17) is 5.11 Å². The highest BCUT2D eigenvalue weighted by Crippen LogP contribution is 2.20. The molecule has 0 spiro atoms. The lowest BCUT2D eigenvalue weighted by molar-refractivity contribution is -0.121. The van der Waals surface area contributed by atoms with Crippen LogP contribution in [0.2, 0.25) is 0 Å². The van der Waals surface area contributed by atoms with Crippen molar-refractivity contribution in [3.8, 4) is 5.75 Å². The summed E-state index contributed by atoms with van der Waals surface area (Å²) in [5.74, 6) is -0.374. The predicted molar refractivity (Wildman–Crippen MR) is 61.5 cm³/mol. The topological polar surface area (TPSA) is 58.6 Å². The number of carbonyl (C=O) groups excluding carboxylic acids is 1. The number of aliphatic hydroxyl groups is 1. The fraction of sp³-hybridized carbons (Fsp3) is 0.417. The third-order valence-corrected chi connectivity index (χ3v) is 2.13. The smallest absolute Gasteiger partial charge is 0.387 e. The quantitative estimate of drug-likeness (QED) is 0.810. The Morgan fingerprint density at radius 3 is 2.72 bits per heavy atom. The fourth-order valence-electron chi connectivity index (χ4n) is 1.36. The van der Waals surface area contributed by atoms with E-state index >= 15 is 0 Å². The fourth-order valence-corrected chi connectivity index (χ4v) is 1.36. The van der Waals surface area contributed by atoms with Crippen molar-refractivity contribution in [2.24, 2.45) is 0 Å². The zero-order chi connectivity index (χ0) is 13.5. The maximum Gasteiger partial charge on any atom is 0.387 e. The highest BCUT2D eigenvalue weighted by Gasteiger charge is 2.12. The number of ether oxygens (including phenoxy) is 1. The van der Waals surface area contributed by atoms with Gasteiger partial charge in [-0.05, 0) is 13.0 Å². The van der Waals surface area contributed by atoms with Gasteiger partial charge in [0.25, 0.3) is 0 Å². The van der Waals surface area contributed by atoms with Crippen LogP contribution in [0.3, 0.4) is 0 Å². The van der Waals surface area contributed by atoms with Gasteiger partial charge in [0.2, 0.25) is 5.91 Å². The highest BCUT2D eigenvalue weighted by molar-refractivity contribution is 5.79. The molecular formula is C12H15F2NO3. The van der Waals surface area contributed by atoms with Crippen LogP contribution in [0.1, 0.15) is 12.5 Å². The molecule has 100 valence electrons. The number of halogens is 2. The zero-order valence-electron chi connectivity index (χ0n) is 9.90. The average Bonchev–Trinajstić information content (AvgIpc) is 2.28. The van der Waals surface area contributed by atoms with Crippen LogP contribution in [0.5, 0.6) is 5.75 Å². The molecule has 18 heavy (non-hydrogen) atoms. The van der Waals surface area contributed by atoms with E-state index in [1.807, 2.05) is 0 Å². The van der Waals surface area contributed by atoms with Crippen molar-refractivity contribution >= 4 is 5.91 Å². The van der Waals surface area contributed by atoms with Crippen molar-refractivity contribution in [3.63, 3.8) is 0 Å². The van der Waals surface area contributed by atoms with Gasteiger partial charge < -0.3 is 15.2 Å². The van der Waals surface area contributed by atoms with Crippen LogP contribution in [-0.2, 0) is 11.2 Å². The van der Waals surface area contributed by atoms with Gasteiger partial charge in [0.1, 0.15) is 5.75 Å². The standard InChI is InChI=1S/C12H15F2NO3/c1-8(16)7-15-11(17)6-9-4-2-3-5-10(9)18-12(13)14/h2-5,8,12,16H,6-7H2,1H3,(H,15,17). The molecule has 0 fully saturated rings. The van der Waals surface area contributed by atoms with Gasteiger partial charge in [0.05, 0.1) is 12.5 Å². The second-order valence-corrected chi connectivity index (χ2v) is 3.82. The molecule has 2 N–H and O–H groups in total. The summed E-state index contributed by atoms with van der Waals surface area (Å²) >= 11 is 0. The molecule has 1 aromatic rings. The molecule has 0 aliphatic heterocycles. The van der Waals surface area contributed by atoms with Crippen LogP contribution in [0.4, 0.5) is 8.78 Å². The van der Waals surface area contributed by atoms with Crippen LogP contribution in [0, 0.1) is 0 Å². The molecule has 1 aromatic carbocycles. The lowest BCUT2D eigenvalue weighted by Gasteiger charge is -2.11. The molecule has 0 aliphatic carbocycles. The van der Waals surface area contributed by atoms with Gasteiger partial charge in [0, 0.05) is 12.1 Å². The molecule has 0 saturated carbocycles. The Morgan fingerprint density at radius 2 is 2.11 bits per heavy atom. The minimum absolute atomic E-state index is 0.0142. The maximum absolute atomic E-state index is 12.1. The summed E-state index contributed by atoms with van der Waals surface area (Å²) in [4.78, 5) is 11.5. The molecule has 1 unspecified atom stereocenters. The largest absolute Gasteiger partial charge is 0.435 e. The summed E-state index contributed by atoms with van der Waals surface area (Å²) in [6.45, 7) is -1.27. The van der Waals surface area contributed by atoms with Gasteiger partial charge in [-0.15, -0.1) is 0 Å². The maximum atomic E-state index is 12.1. The Hall–Kier alpha value is -1.69. The van der Waals surface area contributed by atoms with Crippen molar-refractivity contribution in [1.82, 2.24) is 5.32 Å². The van der Waals surface area contributed by atoms with Gasteiger partial charge in [-0.25, -0.2) is 0 Å². The van der Waals surface area contributed by atoms with Crippen LogP contribution in [0.15, 0.2) is 24.3 Å². The van der Waals surface area contributed by atoms with Gasteiger partial charge in [-0.2, -0.15) is 8.78 Å². The van der Waals surface area contributed by atoms with Gasteiger partial charge in [-0.1, -0.05) is 18.2 Å². The number of amides is 1. The van der Waals surface area contributed by atoms with Gasteiger partial charge >= 0.3 is 6.61 Å². The molecular weight excluding hydrogens is 244 g/mol. The van der Waals surface area contributed by atoms with E-state index in [2.05, 4.69) is 10.1 Å². The Morgan fingerprint density at radius 1 is 1.44 bits per heavy atom. The number of hydrogen-bond donors (Lipinski definition) is 2. The van der Waals surface area contributed by atoms with Crippen LogP contribution >= 0.6 is 0 Å². The molecule has 0 aromatic heterocycles. The number of carbonyl (C=O) groups is 1. The first-order valence-electron chi connectivity index (χ1n) is 5.46. The molecule has 0 aliphatic rings. The van der Waals surface area contributed by atoms with Crippen LogP contribution in [-0.4, -0.2) is 30.3 Å². The van der Waals surface area contributed by atoms with Crippen molar-refractivity contribution < 1.29 is 23.4 Å². The molecule has 1 rings (SSSR count). The van der Waals surface area contributed by atoms with Gasteiger partial charge in [-0.3, -0.25) is 4.79 Å². The molecule has 0 radical (unpaired) electrons. The Bertz CT molecular complexity index is 397. The number of alkyl halides is 2. The first-order chi connectivity index (χ1) is 8.49. The Kier molecular flexibility index (Phi) is 5.51. The minimum Gasteiger partial charge on any atom is -0.435 e. The van der Waals surface area contributed by atoms with E-state index in [0.29, 0.717) is 5.56 Å². The number of para-hydroxylation sites is 1. The average molecular weight is 259 g/mol. The summed E-state index contributed by atoms with van der Waals surface area (Å²) in [7, 11) is 0. The molecule has 4 nitrogen and oxygen atoms in total. The number of aliphatic hydroxyl groups excluding tert-OH is 1. The summed E-state index contributed by atoms with van der Waals surface area (Å²) in [5, 5.41) is 11.5. The molecule has 0 heterocycles. The van der Waals surface area contributed by atoms with E-state index in [-0.39, 0.29) is 24.6 Å². The molecule has 0 saturated heterocycles. The predicted octanol–water partition coefficient (Wildman–Crippen LogP) is 1.33. The first kappa shape index (κ1) is 14.4. The molecule has 6 heteroatoms. The van der Waals surface area contributed by atoms with Crippen molar-refractivity contribution in [2.45, 2.75) is 26.1 Å². The summed E-state index contributed by atoms with van der Waals surface area (Å²) in [6.07, 6.45) is -0.725. The van der Waals surface area contributed by atoms with E-state index in [1.165, 1.54) is 13.0 Å². The van der Waals surface area contributed by atoms with E-state index < -0.39 is 12.7 Å². The SMILES string of the molecule is CC(O)CNC(=O)Cc1ccccc1OC(F)F. The summed E-state index contributed by atoms with van der Waals surface area (Å²) < 4.78 is 28.6. The second kappa shape index (κ2) is 6.90. The van der Waals surface area contributed by atoms with E-state index in [1.54, 1.807) is 18.2 Å². The lowest BCUT2D eigenvalue weighted by atomic mass is 10.1. The van der Waals surface area contributed by atoms with E-state index in [0.717, 1.165) is 0 Å². The third kappa shape index (κ3) is 5.09. The number of nitrogens with one attached hydrogen (secondary N) is 1. The monoisotopic (exact) mass is 259 g/mol.